The van der Waals surface area contributed by atoms with E-state index in [9.17, 15) is 9.59 Å². The molecule has 1 aromatic rings. The summed E-state index contributed by atoms with van der Waals surface area (Å²) in [5.74, 6) is -0.168. The predicted octanol–water partition coefficient (Wildman–Crippen LogP) is 2.10. The van der Waals surface area contributed by atoms with Gasteiger partial charge in [0.1, 0.15) is 6.04 Å². The molecule has 1 aliphatic rings. The van der Waals surface area contributed by atoms with Crippen LogP contribution in [0.2, 0.25) is 0 Å². The maximum atomic E-state index is 12.2. The average Bonchev–Trinajstić information content (AvgIpc) is 3.25. The first-order valence-electron chi connectivity index (χ1n) is 6.97. The van der Waals surface area contributed by atoms with Gasteiger partial charge in [-0.05, 0) is 23.8 Å². The number of benzene rings is 1. The largest absolute Gasteiger partial charge is 0.467 e. The van der Waals surface area contributed by atoms with E-state index < -0.39 is 6.04 Å². The van der Waals surface area contributed by atoms with E-state index in [4.69, 9.17) is 4.74 Å². The minimum atomic E-state index is -0.565. The molecule has 1 aliphatic carbocycles. The number of ether oxygens (including phenoxy) is 1. The minimum Gasteiger partial charge on any atom is -0.467 e. The molecule has 0 saturated heterocycles. The SMILES string of the molecule is COC(=O)C(NC(=O)C1CC1c1ccccc1)C(C)C. The van der Waals surface area contributed by atoms with Crippen LogP contribution < -0.4 is 5.32 Å². The van der Waals surface area contributed by atoms with Gasteiger partial charge in [-0.25, -0.2) is 4.79 Å². The molecule has 1 N–H and O–H groups in total. The zero-order valence-electron chi connectivity index (χ0n) is 12.1. The monoisotopic (exact) mass is 275 g/mol. The molecular weight excluding hydrogens is 254 g/mol. The molecular formula is C16H21NO3. The van der Waals surface area contributed by atoms with Crippen LogP contribution in [0, 0.1) is 11.8 Å². The Morgan fingerprint density at radius 2 is 1.90 bits per heavy atom. The van der Waals surface area contributed by atoms with Crippen molar-refractivity contribution in [2.75, 3.05) is 7.11 Å². The van der Waals surface area contributed by atoms with Gasteiger partial charge in [-0.3, -0.25) is 4.79 Å². The van der Waals surface area contributed by atoms with Crippen LogP contribution in [-0.4, -0.2) is 25.0 Å². The molecule has 4 nitrogen and oxygen atoms in total. The Balaban J connectivity index is 1.95. The maximum absolute atomic E-state index is 12.2. The lowest BCUT2D eigenvalue weighted by Crippen LogP contribution is -2.45. The average molecular weight is 275 g/mol. The number of nitrogens with one attached hydrogen (secondary N) is 1. The van der Waals surface area contributed by atoms with Gasteiger partial charge in [0.15, 0.2) is 0 Å². The molecule has 1 aromatic carbocycles. The number of methoxy groups -OCH3 is 1. The van der Waals surface area contributed by atoms with E-state index in [1.54, 1.807) is 0 Å². The Morgan fingerprint density at radius 1 is 1.25 bits per heavy atom. The van der Waals surface area contributed by atoms with E-state index >= 15 is 0 Å². The van der Waals surface area contributed by atoms with Crippen molar-refractivity contribution in [3.05, 3.63) is 35.9 Å². The van der Waals surface area contributed by atoms with E-state index in [0.29, 0.717) is 0 Å². The topological polar surface area (TPSA) is 55.4 Å². The molecule has 1 saturated carbocycles. The van der Waals surface area contributed by atoms with Gasteiger partial charge in [-0.1, -0.05) is 44.2 Å². The van der Waals surface area contributed by atoms with Gasteiger partial charge in [0.2, 0.25) is 5.91 Å². The van der Waals surface area contributed by atoms with Crippen molar-refractivity contribution in [1.82, 2.24) is 5.32 Å². The van der Waals surface area contributed by atoms with Crippen molar-refractivity contribution >= 4 is 11.9 Å². The Kier molecular flexibility index (Phi) is 4.42. The number of amides is 1. The van der Waals surface area contributed by atoms with Crippen LogP contribution in [0.5, 0.6) is 0 Å². The lowest BCUT2D eigenvalue weighted by atomic mass is 10.0. The second kappa shape index (κ2) is 6.07. The van der Waals surface area contributed by atoms with Gasteiger partial charge in [0.05, 0.1) is 7.11 Å². The van der Waals surface area contributed by atoms with Crippen LogP contribution in [0.3, 0.4) is 0 Å². The molecule has 3 atom stereocenters. The van der Waals surface area contributed by atoms with Crippen LogP contribution in [0.1, 0.15) is 31.7 Å². The highest BCUT2D eigenvalue weighted by Crippen LogP contribution is 2.47. The third-order valence-electron chi connectivity index (χ3n) is 3.77. The van der Waals surface area contributed by atoms with Crippen LogP contribution in [0.15, 0.2) is 30.3 Å². The lowest BCUT2D eigenvalue weighted by molar-refractivity contribution is -0.146. The highest BCUT2D eigenvalue weighted by Gasteiger charge is 2.45. The number of hydrogen-bond donors (Lipinski definition) is 1. The second-order valence-corrected chi connectivity index (χ2v) is 5.61. The van der Waals surface area contributed by atoms with Crippen molar-refractivity contribution in [2.24, 2.45) is 11.8 Å². The summed E-state index contributed by atoms with van der Waals surface area (Å²) < 4.78 is 4.73. The van der Waals surface area contributed by atoms with E-state index in [0.717, 1.165) is 6.42 Å². The minimum absolute atomic E-state index is 0.0142. The Labute approximate surface area is 119 Å². The molecule has 3 unspecified atom stereocenters. The molecule has 1 fully saturated rings. The molecule has 0 radical (unpaired) electrons. The van der Waals surface area contributed by atoms with Crippen LogP contribution in [-0.2, 0) is 14.3 Å². The Bertz CT molecular complexity index is 484. The molecule has 108 valence electrons. The summed E-state index contributed by atoms with van der Waals surface area (Å²) >= 11 is 0. The number of carbonyl (C=O) groups excluding carboxylic acids is 2. The summed E-state index contributed by atoms with van der Waals surface area (Å²) in [6.07, 6.45) is 0.849. The fraction of sp³-hybridized carbons (Fsp3) is 0.500. The van der Waals surface area contributed by atoms with Gasteiger partial charge in [-0.15, -0.1) is 0 Å². The number of hydrogen-bond acceptors (Lipinski definition) is 3. The van der Waals surface area contributed by atoms with Crippen molar-refractivity contribution < 1.29 is 14.3 Å². The summed E-state index contributed by atoms with van der Waals surface area (Å²) in [7, 11) is 1.34. The smallest absolute Gasteiger partial charge is 0.328 e. The Morgan fingerprint density at radius 3 is 2.45 bits per heavy atom. The third kappa shape index (κ3) is 3.18. The van der Waals surface area contributed by atoms with E-state index in [-0.39, 0.29) is 29.6 Å². The lowest BCUT2D eigenvalue weighted by Gasteiger charge is -2.19. The zero-order chi connectivity index (χ0) is 14.7. The summed E-state index contributed by atoms with van der Waals surface area (Å²) in [6, 6.07) is 9.44. The molecule has 0 aliphatic heterocycles. The predicted molar refractivity (Wildman–Crippen MR) is 76.1 cm³/mol. The van der Waals surface area contributed by atoms with Crippen molar-refractivity contribution in [3.63, 3.8) is 0 Å². The quantitative estimate of drug-likeness (QED) is 0.837. The molecule has 2 rings (SSSR count). The molecule has 1 amide bonds. The third-order valence-corrected chi connectivity index (χ3v) is 3.77. The van der Waals surface area contributed by atoms with E-state index in [1.807, 2.05) is 44.2 Å². The Hall–Kier alpha value is -1.84. The molecule has 0 heterocycles. The molecule has 20 heavy (non-hydrogen) atoms. The van der Waals surface area contributed by atoms with Crippen molar-refractivity contribution in [3.8, 4) is 0 Å². The van der Waals surface area contributed by atoms with E-state index in [2.05, 4.69) is 5.32 Å². The van der Waals surface area contributed by atoms with Crippen LogP contribution in [0.25, 0.3) is 0 Å². The van der Waals surface area contributed by atoms with Gasteiger partial charge >= 0.3 is 5.97 Å². The maximum Gasteiger partial charge on any atom is 0.328 e. The van der Waals surface area contributed by atoms with Gasteiger partial charge in [0.25, 0.3) is 0 Å². The van der Waals surface area contributed by atoms with Crippen LogP contribution in [0.4, 0.5) is 0 Å². The van der Waals surface area contributed by atoms with Crippen molar-refractivity contribution in [2.45, 2.75) is 32.2 Å². The standard InChI is InChI=1S/C16H21NO3/c1-10(2)14(16(19)20-3)17-15(18)13-9-12(13)11-7-5-4-6-8-11/h4-8,10,12-14H,9H2,1-3H3,(H,17,18). The van der Waals surface area contributed by atoms with Crippen LogP contribution >= 0.6 is 0 Å². The van der Waals surface area contributed by atoms with Gasteiger partial charge < -0.3 is 10.1 Å². The highest BCUT2D eigenvalue weighted by molar-refractivity contribution is 5.88. The summed E-state index contributed by atoms with van der Waals surface area (Å²) in [6.45, 7) is 3.78. The first-order chi connectivity index (χ1) is 9.54. The fourth-order valence-electron chi connectivity index (χ4n) is 2.44. The highest BCUT2D eigenvalue weighted by atomic mass is 16.5. The van der Waals surface area contributed by atoms with Crippen molar-refractivity contribution in [1.29, 1.82) is 0 Å². The summed E-state index contributed by atoms with van der Waals surface area (Å²) in [4.78, 5) is 23.9. The summed E-state index contributed by atoms with van der Waals surface area (Å²) in [5, 5.41) is 2.82. The molecule has 4 heteroatoms. The fourth-order valence-corrected chi connectivity index (χ4v) is 2.44. The normalized spacial score (nSPS) is 22.2. The molecule has 0 bridgehead atoms. The number of carbonyl (C=O) groups is 2. The first kappa shape index (κ1) is 14.6. The zero-order valence-corrected chi connectivity index (χ0v) is 12.1. The first-order valence-corrected chi connectivity index (χ1v) is 6.97. The number of rotatable bonds is 5. The molecule has 0 aromatic heterocycles. The van der Waals surface area contributed by atoms with Gasteiger partial charge in [0, 0.05) is 5.92 Å². The molecule has 0 spiro atoms. The summed E-state index contributed by atoms with van der Waals surface area (Å²) in [5.41, 5.74) is 1.19. The second-order valence-electron chi connectivity index (χ2n) is 5.61. The number of esters is 1. The van der Waals surface area contributed by atoms with E-state index in [1.165, 1.54) is 12.7 Å². The van der Waals surface area contributed by atoms with Gasteiger partial charge in [-0.2, -0.15) is 0 Å².